The Balaban J connectivity index is 1.34. The fourth-order valence-electron chi connectivity index (χ4n) is 4.97. The molecule has 4 rings (SSSR count). The molecule has 1 spiro atoms. The van der Waals surface area contributed by atoms with Gasteiger partial charge in [0.1, 0.15) is 12.3 Å². The van der Waals surface area contributed by atoms with Crippen LogP contribution in [0.1, 0.15) is 76.7 Å². The second kappa shape index (κ2) is 12.1. The molecule has 0 radical (unpaired) electrons. The number of amides is 3. The smallest absolute Gasteiger partial charge is 0.411 e. The molecule has 0 aromatic heterocycles. The molecular weight excluding hydrogens is 506 g/mol. The number of hydrogen-bond acceptors (Lipinski definition) is 6. The Bertz CT molecular complexity index is 1120. The summed E-state index contributed by atoms with van der Waals surface area (Å²) >= 11 is 6.14. The first-order chi connectivity index (χ1) is 18.3. The highest BCUT2D eigenvalue weighted by Gasteiger charge is 2.52. The Labute approximate surface area is 228 Å². The van der Waals surface area contributed by atoms with E-state index in [1.165, 1.54) is 0 Å². The van der Waals surface area contributed by atoms with Crippen molar-refractivity contribution in [3.63, 3.8) is 0 Å². The number of nitriles is 1. The van der Waals surface area contributed by atoms with Gasteiger partial charge in [-0.2, -0.15) is 5.26 Å². The van der Waals surface area contributed by atoms with E-state index < -0.39 is 12.0 Å². The third-order valence-corrected chi connectivity index (χ3v) is 7.90. The molecule has 204 valence electrons. The predicted molar refractivity (Wildman–Crippen MR) is 142 cm³/mol. The second-order valence-electron chi connectivity index (χ2n) is 10.8. The summed E-state index contributed by atoms with van der Waals surface area (Å²) in [4.78, 5) is 38.1. The maximum Gasteiger partial charge on any atom is 0.411 e. The first-order valence-corrected chi connectivity index (χ1v) is 13.9. The molecule has 2 saturated carbocycles. The van der Waals surface area contributed by atoms with E-state index in [2.05, 4.69) is 23.0 Å². The van der Waals surface area contributed by atoms with Gasteiger partial charge in [0, 0.05) is 16.0 Å². The molecule has 3 N–H and O–H groups in total. The maximum absolute atomic E-state index is 13.1. The highest BCUT2D eigenvalue weighted by atomic mass is 35.5. The van der Waals surface area contributed by atoms with Crippen molar-refractivity contribution in [1.82, 2.24) is 21.1 Å². The van der Waals surface area contributed by atoms with Crippen LogP contribution in [0.4, 0.5) is 4.79 Å². The molecule has 0 bridgehead atoms. The lowest BCUT2D eigenvalue weighted by molar-refractivity contribution is -0.125. The number of unbranched alkanes of at least 4 members (excludes halogenated alkanes) is 4. The minimum absolute atomic E-state index is 0.0221. The number of halogens is 1. The molecule has 3 fully saturated rings. The van der Waals surface area contributed by atoms with Gasteiger partial charge in [0.25, 0.3) is 5.91 Å². The van der Waals surface area contributed by atoms with E-state index >= 15 is 0 Å². The van der Waals surface area contributed by atoms with E-state index in [0.29, 0.717) is 17.9 Å². The van der Waals surface area contributed by atoms with Gasteiger partial charge in [-0.25, -0.2) is 9.80 Å². The third-order valence-electron chi connectivity index (χ3n) is 7.67. The van der Waals surface area contributed by atoms with Crippen molar-refractivity contribution < 1.29 is 19.1 Å². The van der Waals surface area contributed by atoms with Crippen LogP contribution < -0.4 is 16.1 Å². The number of ether oxygens (including phenoxy) is 1. The number of allylic oxidation sites excluding steroid dienone is 1. The van der Waals surface area contributed by atoms with Gasteiger partial charge in [-0.15, -0.1) is 0 Å². The summed E-state index contributed by atoms with van der Waals surface area (Å²) in [5.74, 6) is -1.10. The molecular formula is C28H36ClN5O4. The lowest BCUT2D eigenvalue weighted by Gasteiger charge is -2.21. The van der Waals surface area contributed by atoms with Crippen LogP contribution in [0.15, 0.2) is 36.0 Å². The van der Waals surface area contributed by atoms with Crippen LogP contribution in [0.3, 0.4) is 0 Å². The minimum Gasteiger partial charge on any atom is -0.448 e. The van der Waals surface area contributed by atoms with Crippen molar-refractivity contribution in [2.24, 2.45) is 5.92 Å². The van der Waals surface area contributed by atoms with Gasteiger partial charge < -0.3 is 10.1 Å². The zero-order valence-electron chi connectivity index (χ0n) is 21.9. The highest BCUT2D eigenvalue weighted by Crippen LogP contribution is 2.49. The van der Waals surface area contributed by atoms with Crippen LogP contribution in [-0.2, 0) is 19.7 Å². The van der Waals surface area contributed by atoms with Gasteiger partial charge in [-0.3, -0.25) is 20.3 Å². The molecule has 1 aromatic rings. The molecule has 1 heterocycles. The van der Waals surface area contributed by atoms with Gasteiger partial charge in [0.15, 0.2) is 6.19 Å². The van der Waals surface area contributed by atoms with E-state index in [1.807, 2.05) is 24.4 Å². The van der Waals surface area contributed by atoms with Gasteiger partial charge in [0.2, 0.25) is 5.91 Å². The van der Waals surface area contributed by atoms with Gasteiger partial charge >= 0.3 is 6.09 Å². The lowest BCUT2D eigenvalue weighted by atomic mass is 9.97. The zero-order chi connectivity index (χ0) is 27.2. The topological polar surface area (TPSA) is 124 Å². The van der Waals surface area contributed by atoms with Gasteiger partial charge in [-0.1, -0.05) is 56.0 Å². The van der Waals surface area contributed by atoms with E-state index in [-0.39, 0.29) is 41.6 Å². The van der Waals surface area contributed by atoms with Crippen molar-refractivity contribution in [1.29, 1.82) is 5.26 Å². The number of hydrogen-bond donors (Lipinski definition) is 3. The molecule has 3 amide bonds. The maximum atomic E-state index is 13.1. The van der Waals surface area contributed by atoms with Crippen LogP contribution in [0, 0.1) is 17.4 Å². The quantitative estimate of drug-likeness (QED) is 0.111. The monoisotopic (exact) mass is 541 g/mol. The Morgan fingerprint density at radius 1 is 1.26 bits per heavy atom. The Kier molecular flexibility index (Phi) is 8.83. The summed E-state index contributed by atoms with van der Waals surface area (Å²) in [6.45, 7) is 2.37. The van der Waals surface area contributed by atoms with Crippen molar-refractivity contribution in [2.75, 3.05) is 13.2 Å². The first kappa shape index (κ1) is 27.8. The van der Waals surface area contributed by atoms with E-state index in [1.54, 1.807) is 12.1 Å². The number of benzene rings is 1. The predicted octanol–water partition coefficient (Wildman–Crippen LogP) is 4.44. The fraction of sp³-hybridized carbons (Fsp3) is 0.571. The Hall–Kier alpha value is -3.25. The average Bonchev–Trinajstić information content (AvgIpc) is 3.81. The average molecular weight is 542 g/mol. The van der Waals surface area contributed by atoms with Gasteiger partial charge in [-0.05, 0) is 62.6 Å². The second-order valence-corrected chi connectivity index (χ2v) is 11.2. The number of alkyl carbamates (subject to hydrolysis) is 1. The SMILES string of the molecule is CCCCCC/C=C(/NC(=O)OCC1(c2cccc(Cl)c2)CC1)C(=O)NN(C#N)CC1CC2(CC2)NC1=O. The molecule has 1 aliphatic heterocycles. The zero-order valence-corrected chi connectivity index (χ0v) is 22.6. The van der Waals surface area contributed by atoms with E-state index in [4.69, 9.17) is 16.3 Å². The molecule has 38 heavy (non-hydrogen) atoms. The molecule has 1 aromatic carbocycles. The minimum atomic E-state index is -0.734. The van der Waals surface area contributed by atoms with Gasteiger partial charge in [0.05, 0.1) is 12.5 Å². The Morgan fingerprint density at radius 3 is 2.68 bits per heavy atom. The van der Waals surface area contributed by atoms with Crippen molar-refractivity contribution in [3.05, 3.63) is 46.6 Å². The molecule has 1 saturated heterocycles. The lowest BCUT2D eigenvalue weighted by Crippen LogP contribution is -2.46. The molecule has 9 nitrogen and oxygen atoms in total. The third kappa shape index (κ3) is 7.19. The summed E-state index contributed by atoms with van der Waals surface area (Å²) in [6.07, 6.45) is 11.8. The number of nitrogens with zero attached hydrogens (tertiary/aromatic N) is 2. The summed E-state index contributed by atoms with van der Waals surface area (Å²) in [6, 6.07) is 7.54. The largest absolute Gasteiger partial charge is 0.448 e. The highest BCUT2D eigenvalue weighted by molar-refractivity contribution is 6.30. The van der Waals surface area contributed by atoms with Crippen molar-refractivity contribution >= 4 is 29.5 Å². The standard InChI is InChI=1S/C28H36ClN5O4/c1-2-3-4-5-6-10-23(25(36)33-34(19-30)17-20-16-28(13-14-28)32-24(20)35)31-26(37)38-18-27(11-12-27)21-8-7-9-22(29)15-21/h7-10,15,20H,2-6,11-14,16-18H2,1H3,(H,31,37)(H,32,35)(H,33,36)/b23-10+. The normalized spacial score (nSPS) is 20.3. The molecule has 2 aliphatic carbocycles. The summed E-state index contributed by atoms with van der Waals surface area (Å²) in [5.41, 5.74) is 3.21. The molecule has 3 aliphatic rings. The van der Waals surface area contributed by atoms with Crippen LogP contribution in [0.5, 0.6) is 0 Å². The van der Waals surface area contributed by atoms with E-state index in [0.717, 1.165) is 61.9 Å². The summed E-state index contributed by atoms with van der Waals surface area (Å²) < 4.78 is 5.53. The molecule has 1 atom stereocenters. The first-order valence-electron chi connectivity index (χ1n) is 13.5. The van der Waals surface area contributed by atoms with Crippen molar-refractivity contribution in [2.45, 2.75) is 82.1 Å². The van der Waals surface area contributed by atoms with Crippen LogP contribution in [-0.4, -0.2) is 41.6 Å². The number of carbonyl (C=O) groups is 3. The number of carbonyl (C=O) groups excluding carboxylic acids is 3. The number of rotatable bonds is 13. The van der Waals surface area contributed by atoms with Crippen LogP contribution in [0.2, 0.25) is 5.02 Å². The van der Waals surface area contributed by atoms with Crippen LogP contribution >= 0.6 is 11.6 Å². The number of nitrogens with one attached hydrogen (secondary N) is 3. The van der Waals surface area contributed by atoms with Crippen LogP contribution in [0.25, 0.3) is 0 Å². The summed E-state index contributed by atoms with van der Waals surface area (Å²) in [5, 5.41) is 16.9. The molecule has 10 heteroatoms. The van der Waals surface area contributed by atoms with E-state index in [9.17, 15) is 19.6 Å². The number of hydrazine groups is 1. The Morgan fingerprint density at radius 2 is 2.05 bits per heavy atom. The van der Waals surface area contributed by atoms with Crippen molar-refractivity contribution in [3.8, 4) is 6.19 Å². The summed E-state index contributed by atoms with van der Waals surface area (Å²) in [7, 11) is 0. The molecule has 1 unspecified atom stereocenters. The fourth-order valence-corrected chi connectivity index (χ4v) is 5.16.